The van der Waals surface area contributed by atoms with Crippen molar-refractivity contribution in [1.82, 2.24) is 33.8 Å². The van der Waals surface area contributed by atoms with E-state index in [0.717, 1.165) is 0 Å². The first-order valence-corrected chi connectivity index (χ1v) is 20.2. The number of nitrogens with zero attached hydrogens (tertiary/aromatic N) is 7. The predicted molar refractivity (Wildman–Crippen MR) is 212 cm³/mol. The van der Waals surface area contributed by atoms with Crippen molar-refractivity contribution in [3.63, 3.8) is 0 Å². The molecular weight excluding hydrogens is 759 g/mol. The lowest BCUT2D eigenvalue weighted by atomic mass is 10.1. The number of likely N-dealkylation sites (tertiary alicyclic amines) is 1. The second-order valence-corrected chi connectivity index (χ2v) is 16.6. The molecule has 0 spiro atoms. The number of imidazole rings is 2. The highest BCUT2D eigenvalue weighted by Crippen LogP contribution is 2.30. The van der Waals surface area contributed by atoms with Crippen LogP contribution >= 0.6 is 0 Å². The third kappa shape index (κ3) is 9.46. The third-order valence-electron chi connectivity index (χ3n) is 9.27. The maximum Gasteiger partial charge on any atom is 0.410 e. The Morgan fingerprint density at radius 2 is 1.77 bits per heavy atom. The Hall–Kier alpha value is -5.73. The van der Waals surface area contributed by atoms with Gasteiger partial charge in [-0.2, -0.15) is 5.10 Å². The van der Waals surface area contributed by atoms with E-state index in [9.17, 15) is 22.8 Å². The van der Waals surface area contributed by atoms with Gasteiger partial charge in [0.2, 0.25) is 27.8 Å². The quantitative estimate of drug-likeness (QED) is 0.0968. The van der Waals surface area contributed by atoms with E-state index in [1.165, 1.54) is 6.08 Å². The number of ether oxygens (including phenoxy) is 3. The monoisotopic (exact) mass is 807 g/mol. The molecule has 57 heavy (non-hydrogen) atoms. The number of carbonyl (C=O) groups is 3. The number of sulfonamides is 1. The molecule has 6 rings (SSSR count). The van der Waals surface area contributed by atoms with Gasteiger partial charge in [0.25, 0.3) is 5.91 Å². The molecule has 4 heterocycles. The summed E-state index contributed by atoms with van der Waals surface area (Å²) in [5, 5.41) is 12.7. The van der Waals surface area contributed by atoms with Gasteiger partial charge in [-0.05, 0) is 65.3 Å². The molecule has 3 aromatic heterocycles. The minimum atomic E-state index is -3.87. The van der Waals surface area contributed by atoms with Crippen LogP contribution in [-0.2, 0) is 39.1 Å². The molecule has 7 N–H and O–H groups in total. The first kappa shape index (κ1) is 40.9. The van der Waals surface area contributed by atoms with Crippen LogP contribution in [0.1, 0.15) is 67.1 Å². The lowest BCUT2D eigenvalue weighted by molar-refractivity contribution is -0.0647. The van der Waals surface area contributed by atoms with Crippen molar-refractivity contribution in [3.8, 4) is 5.75 Å². The van der Waals surface area contributed by atoms with Gasteiger partial charge in [0.15, 0.2) is 0 Å². The van der Waals surface area contributed by atoms with E-state index in [0.29, 0.717) is 71.5 Å². The molecule has 1 aromatic carbocycles. The van der Waals surface area contributed by atoms with E-state index in [1.807, 2.05) is 39.8 Å². The second-order valence-electron chi connectivity index (χ2n) is 14.8. The molecule has 306 valence electrons. The highest BCUT2D eigenvalue weighted by molar-refractivity contribution is 7.90. The van der Waals surface area contributed by atoms with Crippen molar-refractivity contribution in [3.05, 3.63) is 58.0 Å². The molecule has 0 saturated carbocycles. The molecule has 1 atom stereocenters. The van der Waals surface area contributed by atoms with Gasteiger partial charge in [-0.25, -0.2) is 28.3 Å². The molecule has 0 radical (unpaired) electrons. The second kappa shape index (κ2) is 16.4. The van der Waals surface area contributed by atoms with Gasteiger partial charge < -0.3 is 39.7 Å². The van der Waals surface area contributed by atoms with E-state index >= 15 is 0 Å². The number of benzene rings is 1. The molecule has 4 aromatic rings. The molecule has 2 aliphatic rings. The predicted octanol–water partition coefficient (Wildman–Crippen LogP) is 0.974. The molecule has 0 bridgehead atoms. The SMILES string of the molecule is CCn1nc(C)cc1C(=O)Nc1nc2c(n1C/C=C/Cn1c(N)nc3cc(C(N)=O)cc(OCCCOC4CN(C(=O)OC(C)(C)C)C4)c31)=CCC(S(N)(=O)=O)C=2. The fourth-order valence-electron chi connectivity index (χ4n) is 6.49. The smallest absolute Gasteiger partial charge is 0.410 e. The van der Waals surface area contributed by atoms with E-state index in [2.05, 4.69) is 20.4 Å². The zero-order chi connectivity index (χ0) is 41.2. The topological polar surface area (TPSA) is 260 Å². The van der Waals surface area contributed by atoms with Crippen LogP contribution < -0.4 is 37.4 Å². The molecule has 1 aliphatic heterocycles. The van der Waals surface area contributed by atoms with Gasteiger partial charge in [0, 0.05) is 31.6 Å². The molecule has 3 amide bonds. The number of rotatable bonds is 15. The maximum atomic E-state index is 13.4. The number of amides is 3. The minimum Gasteiger partial charge on any atom is -0.491 e. The fraction of sp³-hybridized carbons (Fsp3) is 0.459. The van der Waals surface area contributed by atoms with Gasteiger partial charge in [0.1, 0.15) is 22.6 Å². The van der Waals surface area contributed by atoms with Gasteiger partial charge in [0.05, 0.1) is 59.6 Å². The van der Waals surface area contributed by atoms with Crippen LogP contribution in [0.25, 0.3) is 23.2 Å². The lowest BCUT2D eigenvalue weighted by Crippen LogP contribution is -2.56. The van der Waals surface area contributed by atoms with Gasteiger partial charge >= 0.3 is 6.09 Å². The number of anilines is 2. The van der Waals surface area contributed by atoms with E-state index in [4.69, 9.17) is 30.8 Å². The largest absolute Gasteiger partial charge is 0.491 e. The number of primary amides is 1. The van der Waals surface area contributed by atoms with Crippen LogP contribution in [0.4, 0.5) is 16.7 Å². The third-order valence-corrected chi connectivity index (χ3v) is 10.4. The van der Waals surface area contributed by atoms with Crippen LogP contribution in [0.15, 0.2) is 30.4 Å². The number of aryl methyl sites for hydroxylation is 2. The highest BCUT2D eigenvalue weighted by atomic mass is 32.2. The summed E-state index contributed by atoms with van der Waals surface area (Å²) in [7, 11) is -3.87. The first-order chi connectivity index (χ1) is 26.9. The standard InChI is InChI=1S/C37H49N11O8S/c1-6-48-29(16-22(2)44-48)33(50)43-35-42-26-19-25(57(40,52)53)10-11-28(26)46(35)12-7-8-13-47-31-27(41-34(47)39)17-23(32(38)49)18-30(31)55-15-9-14-54-24-20-45(21-24)36(51)56-37(3,4)5/h7-8,11,16-19,24-25H,6,9-10,12-15,20-21H2,1-5H3,(H2,38,49)(H2,39,41)(H2,40,52,53)(H,42,43,50)/b8-7+. The first-order valence-electron chi connectivity index (χ1n) is 18.5. The molecule has 19 nitrogen and oxygen atoms in total. The van der Waals surface area contributed by atoms with Gasteiger partial charge in [-0.1, -0.05) is 18.2 Å². The zero-order valence-electron chi connectivity index (χ0n) is 32.6. The maximum absolute atomic E-state index is 13.4. The summed E-state index contributed by atoms with van der Waals surface area (Å²) in [6.07, 6.45) is 7.12. The summed E-state index contributed by atoms with van der Waals surface area (Å²) < 4.78 is 46.8. The number of nitrogens with one attached hydrogen (secondary N) is 1. The van der Waals surface area contributed by atoms with Crippen molar-refractivity contribution >= 4 is 63.0 Å². The van der Waals surface area contributed by atoms with Gasteiger partial charge in [-0.15, -0.1) is 0 Å². The Balaban J connectivity index is 1.16. The van der Waals surface area contributed by atoms with Crippen LogP contribution in [0.2, 0.25) is 0 Å². The number of hydrogen-bond acceptors (Lipinski definition) is 12. The number of fused-ring (bicyclic) bond motifs is 2. The van der Waals surface area contributed by atoms with E-state index in [1.54, 1.807) is 49.9 Å². The summed E-state index contributed by atoms with van der Waals surface area (Å²) in [6.45, 7) is 11.6. The molecule has 1 fully saturated rings. The minimum absolute atomic E-state index is 0.0967. The highest BCUT2D eigenvalue weighted by Gasteiger charge is 2.34. The normalized spacial score (nSPS) is 15.9. The number of nitrogens with two attached hydrogens (primary N) is 3. The Morgan fingerprint density at radius 1 is 1.05 bits per heavy atom. The molecular formula is C37H49N11O8S. The van der Waals surface area contributed by atoms with Gasteiger partial charge in [-0.3, -0.25) is 19.6 Å². The average molecular weight is 808 g/mol. The zero-order valence-corrected chi connectivity index (χ0v) is 33.4. The molecule has 1 aliphatic carbocycles. The number of primary sulfonamides is 1. The Bertz CT molecular complexity index is 2460. The van der Waals surface area contributed by atoms with Crippen molar-refractivity contribution in [2.75, 3.05) is 37.4 Å². The summed E-state index contributed by atoms with van der Waals surface area (Å²) in [4.78, 5) is 48.4. The van der Waals surface area contributed by atoms with Crippen molar-refractivity contribution in [1.29, 1.82) is 0 Å². The Morgan fingerprint density at radius 3 is 2.44 bits per heavy atom. The van der Waals surface area contributed by atoms with Crippen molar-refractivity contribution < 1.29 is 37.0 Å². The van der Waals surface area contributed by atoms with Crippen LogP contribution in [0.3, 0.4) is 0 Å². The van der Waals surface area contributed by atoms with Crippen LogP contribution in [0.5, 0.6) is 5.75 Å². The Kier molecular flexibility index (Phi) is 11.8. The number of hydrogen-bond donors (Lipinski definition) is 4. The number of carbonyl (C=O) groups excluding carboxylic acids is 3. The average Bonchev–Trinajstić information content (AvgIpc) is 3.76. The summed E-state index contributed by atoms with van der Waals surface area (Å²) in [6, 6.07) is 4.78. The van der Waals surface area contributed by atoms with Crippen molar-refractivity contribution in [2.45, 2.75) is 84.0 Å². The molecule has 1 unspecified atom stereocenters. The summed E-state index contributed by atoms with van der Waals surface area (Å²) in [5.41, 5.74) is 13.7. The van der Waals surface area contributed by atoms with Crippen LogP contribution in [-0.4, -0.2) is 103 Å². The lowest BCUT2D eigenvalue weighted by Gasteiger charge is -2.39. The molecule has 20 heteroatoms. The van der Waals surface area contributed by atoms with E-state index < -0.39 is 32.7 Å². The number of nitrogen functional groups attached to an aromatic ring is 1. The molecule has 1 saturated heterocycles. The van der Waals surface area contributed by atoms with Crippen LogP contribution in [0, 0.1) is 6.92 Å². The summed E-state index contributed by atoms with van der Waals surface area (Å²) in [5.74, 6) is -0.321. The number of allylic oxidation sites excluding steroid dienone is 2. The number of aromatic nitrogens is 6. The fourth-order valence-corrected chi connectivity index (χ4v) is 7.18. The Labute approximate surface area is 329 Å². The van der Waals surface area contributed by atoms with E-state index in [-0.39, 0.29) is 55.8 Å². The van der Waals surface area contributed by atoms with Crippen molar-refractivity contribution in [2.24, 2.45) is 10.9 Å². The summed E-state index contributed by atoms with van der Waals surface area (Å²) >= 11 is 0.